The molecule has 2 fully saturated rings. The van der Waals surface area contributed by atoms with E-state index in [0.29, 0.717) is 23.8 Å². The molecule has 2 aliphatic rings. The van der Waals surface area contributed by atoms with Crippen LogP contribution >= 0.6 is 0 Å². The van der Waals surface area contributed by atoms with Gasteiger partial charge >= 0.3 is 0 Å². The van der Waals surface area contributed by atoms with Gasteiger partial charge in [-0.2, -0.15) is 0 Å². The molecule has 98 valence electrons. The average molecular weight is 238 g/mol. The van der Waals surface area contributed by atoms with Gasteiger partial charge in [0, 0.05) is 25.6 Å². The van der Waals surface area contributed by atoms with E-state index in [2.05, 4.69) is 24.1 Å². The zero-order valence-corrected chi connectivity index (χ0v) is 11.2. The minimum absolute atomic E-state index is 0.397. The second-order valence-electron chi connectivity index (χ2n) is 5.81. The molecule has 3 heteroatoms. The Bertz CT molecular complexity index is 263. The first-order valence-corrected chi connectivity index (χ1v) is 7.22. The Kier molecular flexibility index (Phi) is 4.43. The van der Waals surface area contributed by atoms with Gasteiger partial charge in [0.1, 0.15) is 0 Å². The standard InChI is InChI=1S/C14H26N2O/c1-3-7-15-13-6-8-16(10-11(13)2)14(17)9-12-4-5-12/h11-13,15H,3-10H2,1-2H3. The highest BCUT2D eigenvalue weighted by molar-refractivity contribution is 5.76. The summed E-state index contributed by atoms with van der Waals surface area (Å²) in [5.41, 5.74) is 0. The molecular weight excluding hydrogens is 212 g/mol. The Labute approximate surface area is 105 Å². The van der Waals surface area contributed by atoms with E-state index in [9.17, 15) is 4.79 Å². The van der Waals surface area contributed by atoms with Crippen LogP contribution in [0.15, 0.2) is 0 Å². The number of carbonyl (C=O) groups is 1. The maximum absolute atomic E-state index is 12.0. The van der Waals surface area contributed by atoms with E-state index >= 15 is 0 Å². The van der Waals surface area contributed by atoms with Crippen LogP contribution in [0, 0.1) is 11.8 Å². The van der Waals surface area contributed by atoms with Gasteiger partial charge in [0.25, 0.3) is 0 Å². The molecule has 17 heavy (non-hydrogen) atoms. The first-order chi connectivity index (χ1) is 8.20. The number of hydrogen-bond acceptors (Lipinski definition) is 2. The van der Waals surface area contributed by atoms with Gasteiger partial charge in [0.05, 0.1) is 0 Å². The number of piperidine rings is 1. The highest BCUT2D eigenvalue weighted by Gasteiger charge is 2.31. The summed E-state index contributed by atoms with van der Waals surface area (Å²) in [6.07, 6.45) is 5.66. The van der Waals surface area contributed by atoms with Crippen LogP contribution in [0.2, 0.25) is 0 Å². The van der Waals surface area contributed by atoms with Crippen molar-refractivity contribution in [2.45, 2.75) is 52.0 Å². The highest BCUT2D eigenvalue weighted by Crippen LogP contribution is 2.33. The van der Waals surface area contributed by atoms with E-state index in [0.717, 1.165) is 32.5 Å². The molecule has 3 nitrogen and oxygen atoms in total. The Hall–Kier alpha value is -0.570. The molecule has 2 rings (SSSR count). The van der Waals surface area contributed by atoms with Gasteiger partial charge in [0.15, 0.2) is 0 Å². The molecule has 0 aromatic rings. The number of hydrogen-bond donors (Lipinski definition) is 1. The highest BCUT2D eigenvalue weighted by atomic mass is 16.2. The summed E-state index contributed by atoms with van der Waals surface area (Å²) in [6, 6.07) is 0.611. The lowest BCUT2D eigenvalue weighted by Crippen LogP contribution is -2.50. The fraction of sp³-hybridized carbons (Fsp3) is 0.929. The van der Waals surface area contributed by atoms with Crippen molar-refractivity contribution in [3.05, 3.63) is 0 Å². The lowest BCUT2D eigenvalue weighted by molar-refractivity contribution is -0.133. The van der Waals surface area contributed by atoms with E-state index in [1.807, 2.05) is 0 Å². The predicted octanol–water partition coefficient (Wildman–Crippen LogP) is 2.02. The number of likely N-dealkylation sites (tertiary alicyclic amines) is 1. The third-order valence-corrected chi connectivity index (χ3v) is 4.07. The number of nitrogens with one attached hydrogen (secondary N) is 1. The van der Waals surface area contributed by atoms with E-state index in [1.165, 1.54) is 19.3 Å². The normalized spacial score (nSPS) is 29.4. The summed E-state index contributed by atoms with van der Waals surface area (Å²) in [5.74, 6) is 1.71. The SMILES string of the molecule is CCCNC1CCN(C(=O)CC2CC2)CC1C. The van der Waals surface area contributed by atoms with Crippen LogP contribution in [0.4, 0.5) is 0 Å². The van der Waals surface area contributed by atoms with E-state index in [1.54, 1.807) is 0 Å². The molecule has 1 amide bonds. The van der Waals surface area contributed by atoms with E-state index < -0.39 is 0 Å². The Morgan fingerprint density at radius 1 is 1.35 bits per heavy atom. The van der Waals surface area contributed by atoms with Crippen molar-refractivity contribution < 1.29 is 4.79 Å². The number of nitrogens with zero attached hydrogens (tertiary/aromatic N) is 1. The van der Waals surface area contributed by atoms with Crippen LogP contribution in [0.1, 0.15) is 46.0 Å². The summed E-state index contributed by atoms with van der Waals surface area (Å²) in [7, 11) is 0. The van der Waals surface area contributed by atoms with Crippen molar-refractivity contribution in [3.8, 4) is 0 Å². The maximum atomic E-state index is 12.0. The van der Waals surface area contributed by atoms with Crippen molar-refractivity contribution in [1.82, 2.24) is 10.2 Å². The number of carbonyl (C=O) groups excluding carboxylic acids is 1. The third kappa shape index (κ3) is 3.70. The van der Waals surface area contributed by atoms with Crippen molar-refractivity contribution in [1.29, 1.82) is 0 Å². The van der Waals surface area contributed by atoms with Crippen LogP contribution in [0.5, 0.6) is 0 Å². The van der Waals surface area contributed by atoms with Gasteiger partial charge in [-0.3, -0.25) is 4.79 Å². The summed E-state index contributed by atoms with van der Waals surface area (Å²) in [4.78, 5) is 14.1. The smallest absolute Gasteiger partial charge is 0.222 e. The molecule has 1 N–H and O–H groups in total. The van der Waals surface area contributed by atoms with Crippen LogP contribution in [-0.4, -0.2) is 36.5 Å². The minimum Gasteiger partial charge on any atom is -0.342 e. The molecule has 1 aliphatic heterocycles. The van der Waals surface area contributed by atoms with Gasteiger partial charge in [-0.15, -0.1) is 0 Å². The van der Waals surface area contributed by atoms with Gasteiger partial charge in [-0.25, -0.2) is 0 Å². The minimum atomic E-state index is 0.397. The van der Waals surface area contributed by atoms with Crippen LogP contribution < -0.4 is 5.32 Å². The monoisotopic (exact) mass is 238 g/mol. The first-order valence-electron chi connectivity index (χ1n) is 7.22. The van der Waals surface area contributed by atoms with E-state index in [4.69, 9.17) is 0 Å². The molecule has 0 radical (unpaired) electrons. The third-order valence-electron chi connectivity index (χ3n) is 4.07. The second kappa shape index (κ2) is 5.85. The van der Waals surface area contributed by atoms with Gasteiger partial charge in [-0.1, -0.05) is 13.8 Å². The van der Waals surface area contributed by atoms with Crippen LogP contribution in [0.25, 0.3) is 0 Å². The molecule has 2 atom stereocenters. The molecule has 1 heterocycles. The zero-order valence-electron chi connectivity index (χ0n) is 11.2. The summed E-state index contributed by atoms with van der Waals surface area (Å²) in [6.45, 7) is 7.48. The molecule has 0 spiro atoms. The largest absolute Gasteiger partial charge is 0.342 e. The van der Waals surface area contributed by atoms with Gasteiger partial charge in [-0.05, 0) is 44.1 Å². The maximum Gasteiger partial charge on any atom is 0.222 e. The van der Waals surface area contributed by atoms with Crippen molar-refractivity contribution in [3.63, 3.8) is 0 Å². The van der Waals surface area contributed by atoms with Crippen molar-refractivity contribution in [2.75, 3.05) is 19.6 Å². The number of amides is 1. The molecule has 0 aromatic heterocycles. The predicted molar refractivity (Wildman–Crippen MR) is 69.8 cm³/mol. The Morgan fingerprint density at radius 3 is 2.71 bits per heavy atom. The van der Waals surface area contributed by atoms with Gasteiger partial charge < -0.3 is 10.2 Å². The topological polar surface area (TPSA) is 32.3 Å². The molecule has 2 unspecified atom stereocenters. The van der Waals surface area contributed by atoms with Crippen molar-refractivity contribution >= 4 is 5.91 Å². The fourth-order valence-corrected chi connectivity index (χ4v) is 2.70. The van der Waals surface area contributed by atoms with E-state index in [-0.39, 0.29) is 0 Å². The fourth-order valence-electron chi connectivity index (χ4n) is 2.70. The second-order valence-corrected chi connectivity index (χ2v) is 5.81. The molecule has 1 aliphatic carbocycles. The molecule has 0 aromatic carbocycles. The van der Waals surface area contributed by atoms with Gasteiger partial charge in [0.2, 0.25) is 5.91 Å². The zero-order chi connectivity index (χ0) is 12.3. The summed E-state index contributed by atoms with van der Waals surface area (Å²) in [5, 5.41) is 3.60. The Balaban J connectivity index is 1.75. The lowest BCUT2D eigenvalue weighted by Gasteiger charge is -2.37. The van der Waals surface area contributed by atoms with Crippen LogP contribution in [0.3, 0.4) is 0 Å². The quantitative estimate of drug-likeness (QED) is 0.795. The lowest BCUT2D eigenvalue weighted by atomic mass is 9.93. The summed E-state index contributed by atoms with van der Waals surface area (Å²) >= 11 is 0. The van der Waals surface area contributed by atoms with Crippen LogP contribution in [-0.2, 0) is 4.79 Å². The Morgan fingerprint density at radius 2 is 2.12 bits per heavy atom. The molecular formula is C14H26N2O. The first kappa shape index (κ1) is 12.9. The molecule has 1 saturated heterocycles. The summed E-state index contributed by atoms with van der Waals surface area (Å²) < 4.78 is 0. The average Bonchev–Trinajstić information content (AvgIpc) is 3.11. The molecule has 0 bridgehead atoms. The molecule has 1 saturated carbocycles. The van der Waals surface area contributed by atoms with Crippen molar-refractivity contribution in [2.24, 2.45) is 11.8 Å². The number of rotatable bonds is 5.